The van der Waals surface area contributed by atoms with Gasteiger partial charge in [0.15, 0.2) is 0 Å². The molecular weight excluding hydrogens is 204 g/mol. The molecule has 1 fully saturated rings. The molecule has 1 aromatic rings. The van der Waals surface area contributed by atoms with Crippen LogP contribution < -0.4 is 0 Å². The SMILES string of the molecule is CN(CC1CCC1)C(=O)c1cncc(O)c1. The zero-order valence-electron chi connectivity index (χ0n) is 9.39. The van der Waals surface area contributed by atoms with Crippen LogP contribution in [0.5, 0.6) is 5.75 Å². The molecule has 16 heavy (non-hydrogen) atoms. The van der Waals surface area contributed by atoms with Crippen molar-refractivity contribution in [1.29, 1.82) is 0 Å². The molecule has 0 aromatic carbocycles. The Balaban J connectivity index is 2.00. The molecule has 0 unspecified atom stereocenters. The van der Waals surface area contributed by atoms with Gasteiger partial charge in [0.25, 0.3) is 5.91 Å². The summed E-state index contributed by atoms with van der Waals surface area (Å²) in [5.41, 5.74) is 0.446. The first-order valence-corrected chi connectivity index (χ1v) is 5.56. The van der Waals surface area contributed by atoms with Crippen molar-refractivity contribution < 1.29 is 9.90 Å². The molecule has 0 atom stereocenters. The standard InChI is InChI=1S/C12H16N2O2/c1-14(8-9-3-2-4-9)12(16)10-5-11(15)7-13-6-10/h5-7,9,15H,2-4,8H2,1H3. The van der Waals surface area contributed by atoms with E-state index in [0.717, 1.165) is 6.54 Å². The van der Waals surface area contributed by atoms with Crippen LogP contribution in [0.25, 0.3) is 0 Å². The number of hydrogen-bond acceptors (Lipinski definition) is 3. The van der Waals surface area contributed by atoms with Crippen LogP contribution in [0.1, 0.15) is 29.6 Å². The van der Waals surface area contributed by atoms with Gasteiger partial charge < -0.3 is 10.0 Å². The fourth-order valence-electron chi connectivity index (χ4n) is 1.91. The molecule has 86 valence electrons. The van der Waals surface area contributed by atoms with Crippen molar-refractivity contribution in [2.24, 2.45) is 5.92 Å². The second-order valence-electron chi connectivity index (χ2n) is 4.41. The molecule has 0 radical (unpaired) electrons. The summed E-state index contributed by atoms with van der Waals surface area (Å²) in [5, 5.41) is 9.25. The van der Waals surface area contributed by atoms with Crippen LogP contribution in [0.3, 0.4) is 0 Å². The number of rotatable bonds is 3. The smallest absolute Gasteiger partial charge is 0.255 e. The zero-order chi connectivity index (χ0) is 11.5. The van der Waals surface area contributed by atoms with Crippen molar-refractivity contribution in [3.05, 3.63) is 24.0 Å². The van der Waals surface area contributed by atoms with Gasteiger partial charge in [0.05, 0.1) is 11.8 Å². The van der Waals surface area contributed by atoms with Crippen LogP contribution in [0, 0.1) is 5.92 Å². The highest BCUT2D eigenvalue weighted by Crippen LogP contribution is 2.27. The van der Waals surface area contributed by atoms with Gasteiger partial charge in [-0.3, -0.25) is 9.78 Å². The number of aromatic nitrogens is 1. The lowest BCUT2D eigenvalue weighted by atomic mass is 9.85. The normalized spacial score (nSPS) is 15.6. The van der Waals surface area contributed by atoms with E-state index in [1.165, 1.54) is 37.7 Å². The number of carbonyl (C=O) groups excluding carboxylic acids is 1. The van der Waals surface area contributed by atoms with Crippen LogP contribution in [0.15, 0.2) is 18.5 Å². The van der Waals surface area contributed by atoms with Crippen molar-refractivity contribution in [2.45, 2.75) is 19.3 Å². The molecule has 1 amide bonds. The topological polar surface area (TPSA) is 53.4 Å². The van der Waals surface area contributed by atoms with Gasteiger partial charge in [0.2, 0.25) is 0 Å². The summed E-state index contributed by atoms with van der Waals surface area (Å²) in [6.07, 6.45) is 6.52. The molecule has 0 aliphatic heterocycles. The maximum Gasteiger partial charge on any atom is 0.255 e. The molecule has 4 heteroatoms. The molecule has 1 aromatic heterocycles. The van der Waals surface area contributed by atoms with Crippen molar-refractivity contribution in [1.82, 2.24) is 9.88 Å². The Bertz CT molecular complexity index is 388. The second-order valence-corrected chi connectivity index (χ2v) is 4.41. The predicted molar refractivity (Wildman–Crippen MR) is 60.2 cm³/mol. The summed E-state index contributed by atoms with van der Waals surface area (Å²) < 4.78 is 0. The molecule has 1 N–H and O–H groups in total. The monoisotopic (exact) mass is 220 g/mol. The maximum absolute atomic E-state index is 11.9. The lowest BCUT2D eigenvalue weighted by Gasteiger charge is -2.30. The molecule has 1 heterocycles. The van der Waals surface area contributed by atoms with Crippen LogP contribution >= 0.6 is 0 Å². The van der Waals surface area contributed by atoms with E-state index in [1.54, 1.807) is 11.9 Å². The summed E-state index contributed by atoms with van der Waals surface area (Å²) in [4.78, 5) is 17.5. The minimum absolute atomic E-state index is 0.0305. The number of hydrogen-bond donors (Lipinski definition) is 1. The molecule has 2 rings (SSSR count). The highest BCUT2D eigenvalue weighted by Gasteiger charge is 2.22. The summed E-state index contributed by atoms with van der Waals surface area (Å²) in [6.45, 7) is 0.800. The fourth-order valence-corrected chi connectivity index (χ4v) is 1.91. The number of amides is 1. The minimum atomic E-state index is -0.0738. The van der Waals surface area contributed by atoms with Crippen molar-refractivity contribution in [3.63, 3.8) is 0 Å². The fraction of sp³-hybridized carbons (Fsp3) is 0.500. The highest BCUT2D eigenvalue weighted by atomic mass is 16.3. The largest absolute Gasteiger partial charge is 0.506 e. The van der Waals surface area contributed by atoms with Crippen LogP contribution in [-0.2, 0) is 0 Å². The van der Waals surface area contributed by atoms with Gasteiger partial charge in [0.1, 0.15) is 5.75 Å². The van der Waals surface area contributed by atoms with E-state index in [-0.39, 0.29) is 11.7 Å². The Morgan fingerprint density at radius 2 is 2.31 bits per heavy atom. The zero-order valence-corrected chi connectivity index (χ0v) is 9.39. The average Bonchev–Trinajstić information content (AvgIpc) is 2.22. The van der Waals surface area contributed by atoms with Crippen LogP contribution in [0.2, 0.25) is 0 Å². The summed E-state index contributed by atoms with van der Waals surface area (Å²) in [5.74, 6) is 0.609. The van der Waals surface area contributed by atoms with Gasteiger partial charge in [-0.2, -0.15) is 0 Å². The summed E-state index contributed by atoms with van der Waals surface area (Å²) >= 11 is 0. The van der Waals surface area contributed by atoms with Gasteiger partial charge >= 0.3 is 0 Å². The van der Waals surface area contributed by atoms with Crippen molar-refractivity contribution in [2.75, 3.05) is 13.6 Å². The molecule has 1 aliphatic carbocycles. The first-order valence-electron chi connectivity index (χ1n) is 5.56. The molecule has 1 aliphatic rings. The quantitative estimate of drug-likeness (QED) is 0.842. The lowest BCUT2D eigenvalue weighted by Crippen LogP contribution is -2.34. The Hall–Kier alpha value is -1.58. The number of nitrogens with zero attached hydrogens (tertiary/aromatic N) is 2. The van der Waals surface area contributed by atoms with Crippen LogP contribution in [0.4, 0.5) is 0 Å². The molecule has 0 bridgehead atoms. The first-order chi connectivity index (χ1) is 7.66. The molecule has 4 nitrogen and oxygen atoms in total. The van der Waals surface area contributed by atoms with Gasteiger partial charge in [-0.05, 0) is 24.8 Å². The second kappa shape index (κ2) is 4.51. The molecular formula is C12H16N2O2. The molecule has 0 saturated heterocycles. The van der Waals surface area contributed by atoms with Crippen molar-refractivity contribution in [3.8, 4) is 5.75 Å². The Morgan fingerprint density at radius 3 is 2.88 bits per heavy atom. The number of aromatic hydroxyl groups is 1. The van der Waals surface area contributed by atoms with E-state index in [0.29, 0.717) is 11.5 Å². The lowest BCUT2D eigenvalue weighted by molar-refractivity contribution is 0.0744. The van der Waals surface area contributed by atoms with Crippen molar-refractivity contribution >= 4 is 5.91 Å². The third-order valence-electron chi connectivity index (χ3n) is 3.07. The number of carbonyl (C=O) groups is 1. The van der Waals surface area contributed by atoms with Crippen LogP contribution in [-0.4, -0.2) is 34.5 Å². The Labute approximate surface area is 94.9 Å². The van der Waals surface area contributed by atoms with E-state index in [4.69, 9.17) is 0 Å². The van der Waals surface area contributed by atoms with E-state index in [1.807, 2.05) is 0 Å². The highest BCUT2D eigenvalue weighted by molar-refractivity contribution is 5.94. The van der Waals surface area contributed by atoms with Gasteiger partial charge in [-0.1, -0.05) is 6.42 Å². The van der Waals surface area contributed by atoms with Gasteiger partial charge in [-0.25, -0.2) is 0 Å². The van der Waals surface area contributed by atoms with E-state index >= 15 is 0 Å². The van der Waals surface area contributed by atoms with Gasteiger partial charge in [-0.15, -0.1) is 0 Å². The minimum Gasteiger partial charge on any atom is -0.506 e. The third-order valence-corrected chi connectivity index (χ3v) is 3.07. The van der Waals surface area contributed by atoms with Gasteiger partial charge in [0, 0.05) is 19.8 Å². The predicted octanol–water partition coefficient (Wildman–Crippen LogP) is 1.66. The number of pyridine rings is 1. The summed E-state index contributed by atoms with van der Waals surface area (Å²) in [6, 6.07) is 1.45. The third kappa shape index (κ3) is 2.32. The Morgan fingerprint density at radius 1 is 1.56 bits per heavy atom. The summed E-state index contributed by atoms with van der Waals surface area (Å²) in [7, 11) is 1.80. The molecule has 0 spiro atoms. The van der Waals surface area contributed by atoms with E-state index < -0.39 is 0 Å². The Kier molecular flexibility index (Phi) is 3.08. The maximum atomic E-state index is 11.9. The first kappa shape index (κ1) is 10.9. The van der Waals surface area contributed by atoms with E-state index in [2.05, 4.69) is 4.98 Å². The average molecular weight is 220 g/mol. The van der Waals surface area contributed by atoms with E-state index in [9.17, 15) is 9.90 Å². The molecule has 1 saturated carbocycles.